The van der Waals surface area contributed by atoms with Crippen LogP contribution < -0.4 is 10.5 Å². The average molecular weight is 465 g/mol. The van der Waals surface area contributed by atoms with Gasteiger partial charge in [-0.3, -0.25) is 4.79 Å². The molecule has 0 spiro atoms. The van der Waals surface area contributed by atoms with Crippen LogP contribution in [0.15, 0.2) is 77.7 Å². The van der Waals surface area contributed by atoms with Gasteiger partial charge in [-0.1, -0.05) is 60.2 Å². The molecule has 0 aliphatic heterocycles. The summed E-state index contributed by atoms with van der Waals surface area (Å²) in [7, 11) is -3.70. The summed E-state index contributed by atoms with van der Waals surface area (Å²) in [5, 5.41) is 9.27. The standard InChI is InChI=1S/C25H24N2O3S2/c1-17-6-8-19(9-7-17)16-22-21-4-2-3-5-23(21)31-24(22)25(28)27-15-14-18-10-12-20(13-11-18)32(26,29)30/h2-13H,14-16H2,1H3,(H,27,28)(H2,26,29,30). The highest BCUT2D eigenvalue weighted by molar-refractivity contribution is 7.89. The number of sulfonamides is 1. The number of hydrogen-bond donors (Lipinski definition) is 2. The van der Waals surface area contributed by atoms with Crippen LogP contribution in [0.3, 0.4) is 0 Å². The third kappa shape index (κ3) is 5.07. The first-order valence-electron chi connectivity index (χ1n) is 10.3. The molecule has 0 saturated heterocycles. The van der Waals surface area contributed by atoms with E-state index in [4.69, 9.17) is 5.14 Å². The molecule has 0 aliphatic rings. The van der Waals surface area contributed by atoms with Crippen LogP contribution in [0.2, 0.25) is 0 Å². The number of carbonyl (C=O) groups excluding carboxylic acids is 1. The first kappa shape index (κ1) is 22.2. The van der Waals surface area contributed by atoms with Gasteiger partial charge in [-0.15, -0.1) is 11.3 Å². The van der Waals surface area contributed by atoms with E-state index >= 15 is 0 Å². The van der Waals surface area contributed by atoms with E-state index in [-0.39, 0.29) is 10.8 Å². The van der Waals surface area contributed by atoms with Gasteiger partial charge in [-0.2, -0.15) is 0 Å². The van der Waals surface area contributed by atoms with Crippen molar-refractivity contribution in [1.29, 1.82) is 0 Å². The predicted octanol–water partition coefficient (Wildman–Crippen LogP) is 4.42. The number of thiophene rings is 1. The van der Waals surface area contributed by atoms with Crippen molar-refractivity contribution in [1.82, 2.24) is 5.32 Å². The van der Waals surface area contributed by atoms with Gasteiger partial charge in [0, 0.05) is 11.2 Å². The average Bonchev–Trinajstić information content (AvgIpc) is 3.13. The number of fused-ring (bicyclic) bond motifs is 1. The zero-order valence-electron chi connectivity index (χ0n) is 17.7. The van der Waals surface area contributed by atoms with Crippen LogP contribution in [0, 0.1) is 6.92 Å². The Morgan fingerprint density at radius 1 is 0.938 bits per heavy atom. The Labute approximate surface area is 192 Å². The van der Waals surface area contributed by atoms with Crippen LogP contribution in [0.5, 0.6) is 0 Å². The van der Waals surface area contributed by atoms with Crippen LogP contribution in [0.1, 0.15) is 31.9 Å². The van der Waals surface area contributed by atoms with E-state index in [9.17, 15) is 13.2 Å². The van der Waals surface area contributed by atoms with Gasteiger partial charge in [0.25, 0.3) is 5.91 Å². The highest BCUT2D eigenvalue weighted by atomic mass is 32.2. The lowest BCUT2D eigenvalue weighted by Gasteiger charge is -2.08. The molecule has 1 aromatic heterocycles. The van der Waals surface area contributed by atoms with Crippen LogP contribution in [0.4, 0.5) is 0 Å². The molecule has 0 aliphatic carbocycles. The summed E-state index contributed by atoms with van der Waals surface area (Å²) in [6.07, 6.45) is 1.29. The van der Waals surface area contributed by atoms with E-state index in [0.717, 1.165) is 26.1 Å². The quantitative estimate of drug-likeness (QED) is 0.424. The number of nitrogens with two attached hydrogens (primary N) is 1. The maximum Gasteiger partial charge on any atom is 0.261 e. The number of aryl methyl sites for hydroxylation is 1. The van der Waals surface area contributed by atoms with E-state index in [1.165, 1.54) is 34.6 Å². The molecule has 164 valence electrons. The topological polar surface area (TPSA) is 89.3 Å². The second kappa shape index (κ2) is 9.24. The molecular weight excluding hydrogens is 440 g/mol. The molecular formula is C25H24N2O3S2. The largest absolute Gasteiger partial charge is 0.351 e. The summed E-state index contributed by atoms with van der Waals surface area (Å²) < 4.78 is 23.9. The Hall–Kier alpha value is -3.00. The summed E-state index contributed by atoms with van der Waals surface area (Å²) in [6.45, 7) is 2.51. The van der Waals surface area contributed by atoms with Crippen molar-refractivity contribution in [2.45, 2.75) is 24.7 Å². The zero-order valence-corrected chi connectivity index (χ0v) is 19.3. The molecule has 1 heterocycles. The number of carbonyl (C=O) groups is 1. The Balaban J connectivity index is 1.50. The van der Waals surface area contributed by atoms with Crippen LogP contribution >= 0.6 is 11.3 Å². The minimum Gasteiger partial charge on any atom is -0.351 e. The first-order valence-corrected chi connectivity index (χ1v) is 12.6. The maximum absolute atomic E-state index is 13.1. The molecule has 5 nitrogen and oxygen atoms in total. The molecule has 0 bridgehead atoms. The Kier molecular flexibility index (Phi) is 6.41. The molecule has 4 aromatic rings. The number of benzene rings is 3. The molecule has 3 aromatic carbocycles. The molecule has 32 heavy (non-hydrogen) atoms. The normalized spacial score (nSPS) is 11.6. The predicted molar refractivity (Wildman–Crippen MR) is 130 cm³/mol. The van der Waals surface area contributed by atoms with E-state index in [0.29, 0.717) is 19.4 Å². The molecule has 0 unspecified atom stereocenters. The summed E-state index contributed by atoms with van der Waals surface area (Å²) in [6, 6.07) is 22.9. The molecule has 1 amide bonds. The molecule has 3 N–H and O–H groups in total. The number of amides is 1. The third-order valence-corrected chi connectivity index (χ3v) is 7.50. The van der Waals surface area contributed by atoms with Crippen LogP contribution in [-0.2, 0) is 22.9 Å². The monoisotopic (exact) mass is 464 g/mol. The lowest BCUT2D eigenvalue weighted by Crippen LogP contribution is -2.25. The summed E-state index contributed by atoms with van der Waals surface area (Å²) in [4.78, 5) is 13.9. The van der Waals surface area contributed by atoms with E-state index in [2.05, 4.69) is 42.6 Å². The van der Waals surface area contributed by atoms with Crippen molar-refractivity contribution in [3.05, 3.63) is 99.9 Å². The minimum absolute atomic E-state index is 0.0799. The van der Waals surface area contributed by atoms with Crippen molar-refractivity contribution >= 4 is 37.4 Å². The number of hydrogen-bond acceptors (Lipinski definition) is 4. The molecule has 0 fully saturated rings. The number of primary sulfonamides is 1. The molecule has 7 heteroatoms. The van der Waals surface area contributed by atoms with Gasteiger partial charge in [0.1, 0.15) is 0 Å². The Morgan fingerprint density at radius 2 is 1.59 bits per heavy atom. The minimum atomic E-state index is -3.70. The van der Waals surface area contributed by atoms with Crippen LogP contribution in [-0.4, -0.2) is 20.9 Å². The van der Waals surface area contributed by atoms with Gasteiger partial charge < -0.3 is 5.32 Å². The van der Waals surface area contributed by atoms with Crippen molar-refractivity contribution in [2.24, 2.45) is 5.14 Å². The smallest absolute Gasteiger partial charge is 0.261 e. The van der Waals surface area contributed by atoms with Gasteiger partial charge in [0.2, 0.25) is 10.0 Å². The second-order valence-corrected chi connectivity index (χ2v) is 10.4. The summed E-state index contributed by atoms with van der Waals surface area (Å²) >= 11 is 1.51. The fourth-order valence-corrected chi connectivity index (χ4v) is 5.27. The second-order valence-electron chi connectivity index (χ2n) is 7.76. The molecule has 0 saturated carbocycles. The first-order chi connectivity index (χ1) is 15.3. The zero-order chi connectivity index (χ0) is 22.7. The SMILES string of the molecule is Cc1ccc(Cc2c(C(=O)NCCc3ccc(S(N)(=O)=O)cc3)sc3ccccc23)cc1. The molecule has 0 radical (unpaired) electrons. The Bertz CT molecular complexity index is 1360. The van der Waals surface area contributed by atoms with Crippen LogP contribution in [0.25, 0.3) is 10.1 Å². The van der Waals surface area contributed by atoms with Crippen molar-refractivity contribution in [3.8, 4) is 0 Å². The van der Waals surface area contributed by atoms with E-state index in [1.54, 1.807) is 12.1 Å². The summed E-state index contributed by atoms with van der Waals surface area (Å²) in [5.41, 5.74) is 4.35. The Morgan fingerprint density at radius 3 is 2.28 bits per heavy atom. The third-order valence-electron chi connectivity index (χ3n) is 5.36. The molecule has 0 atom stereocenters. The highest BCUT2D eigenvalue weighted by Gasteiger charge is 2.18. The van der Waals surface area contributed by atoms with Gasteiger partial charge in [-0.25, -0.2) is 13.6 Å². The maximum atomic E-state index is 13.1. The van der Waals surface area contributed by atoms with Gasteiger partial charge in [0.15, 0.2) is 0 Å². The number of rotatable bonds is 7. The fourth-order valence-electron chi connectivity index (χ4n) is 3.61. The highest BCUT2D eigenvalue weighted by Crippen LogP contribution is 2.33. The van der Waals surface area contributed by atoms with E-state index in [1.807, 2.05) is 18.2 Å². The number of nitrogens with one attached hydrogen (secondary N) is 1. The lowest BCUT2D eigenvalue weighted by atomic mass is 10.0. The van der Waals surface area contributed by atoms with Gasteiger partial charge in [0.05, 0.1) is 9.77 Å². The van der Waals surface area contributed by atoms with E-state index < -0.39 is 10.0 Å². The fraction of sp³-hybridized carbons (Fsp3) is 0.160. The summed E-state index contributed by atoms with van der Waals surface area (Å²) in [5.74, 6) is -0.0885. The van der Waals surface area contributed by atoms with Gasteiger partial charge in [-0.05, 0) is 60.0 Å². The van der Waals surface area contributed by atoms with Crippen molar-refractivity contribution < 1.29 is 13.2 Å². The van der Waals surface area contributed by atoms with Crippen molar-refractivity contribution in [3.63, 3.8) is 0 Å². The molecule has 4 rings (SSSR count). The lowest BCUT2D eigenvalue weighted by molar-refractivity contribution is 0.0957. The van der Waals surface area contributed by atoms with Crippen molar-refractivity contribution in [2.75, 3.05) is 6.54 Å². The van der Waals surface area contributed by atoms with Gasteiger partial charge >= 0.3 is 0 Å².